The van der Waals surface area contributed by atoms with Crippen LogP contribution < -0.4 is 5.32 Å². The third kappa shape index (κ3) is 3.27. The van der Waals surface area contributed by atoms with Gasteiger partial charge in [0.2, 0.25) is 0 Å². The van der Waals surface area contributed by atoms with Crippen molar-refractivity contribution < 1.29 is 4.74 Å². The summed E-state index contributed by atoms with van der Waals surface area (Å²) in [5, 5.41) is 4.59. The third-order valence-electron chi connectivity index (χ3n) is 3.28. The molecule has 4 heteroatoms. The number of fused-ring (bicyclic) bond motifs is 1. The second-order valence-corrected chi connectivity index (χ2v) is 6.15. The number of aromatic nitrogens is 1. The topological polar surface area (TPSA) is 34.1 Å². The fraction of sp³-hybridized carbons (Fsp3) is 0.769. The van der Waals surface area contributed by atoms with Crippen molar-refractivity contribution in [1.29, 1.82) is 0 Å². The molecule has 0 aromatic carbocycles. The van der Waals surface area contributed by atoms with E-state index in [-0.39, 0.29) is 0 Å². The number of rotatable bonds is 5. The largest absolute Gasteiger partial charge is 0.383 e. The Hall–Kier alpha value is -0.450. The van der Waals surface area contributed by atoms with Crippen LogP contribution in [-0.4, -0.2) is 25.2 Å². The zero-order chi connectivity index (χ0) is 12.3. The first-order chi connectivity index (χ1) is 8.20. The number of nitrogens with zero attached hydrogens (tertiary/aromatic N) is 1. The van der Waals surface area contributed by atoms with E-state index in [4.69, 9.17) is 9.72 Å². The summed E-state index contributed by atoms with van der Waals surface area (Å²) >= 11 is 1.89. The SMILES string of the molecule is COCCNCc1nc2c(s1)C(C)CC(C)C2. The van der Waals surface area contributed by atoms with Crippen LogP contribution in [0.25, 0.3) is 0 Å². The van der Waals surface area contributed by atoms with Gasteiger partial charge < -0.3 is 10.1 Å². The molecule has 1 aliphatic rings. The molecule has 2 rings (SSSR count). The van der Waals surface area contributed by atoms with E-state index < -0.39 is 0 Å². The molecule has 2 atom stereocenters. The van der Waals surface area contributed by atoms with Crippen molar-refractivity contribution in [3.05, 3.63) is 15.6 Å². The molecule has 1 N–H and O–H groups in total. The van der Waals surface area contributed by atoms with E-state index in [0.29, 0.717) is 5.92 Å². The van der Waals surface area contributed by atoms with E-state index >= 15 is 0 Å². The number of hydrogen-bond donors (Lipinski definition) is 1. The standard InChI is InChI=1S/C13H22N2OS/c1-9-6-10(2)13-11(7-9)15-12(17-13)8-14-4-5-16-3/h9-10,14H,4-8H2,1-3H3. The smallest absolute Gasteiger partial charge is 0.107 e. The molecule has 1 aromatic heterocycles. The molecular weight excluding hydrogens is 232 g/mol. The highest BCUT2D eigenvalue weighted by Gasteiger charge is 2.25. The van der Waals surface area contributed by atoms with Crippen LogP contribution in [0, 0.1) is 5.92 Å². The number of hydrogen-bond acceptors (Lipinski definition) is 4. The molecule has 17 heavy (non-hydrogen) atoms. The predicted octanol–water partition coefficient (Wildman–Crippen LogP) is 2.56. The molecule has 0 aliphatic heterocycles. The Morgan fingerprint density at radius 2 is 2.29 bits per heavy atom. The normalized spacial score (nSPS) is 23.7. The summed E-state index contributed by atoms with van der Waals surface area (Å²) in [4.78, 5) is 6.28. The van der Waals surface area contributed by atoms with E-state index in [0.717, 1.165) is 32.0 Å². The van der Waals surface area contributed by atoms with E-state index in [1.54, 1.807) is 7.11 Å². The van der Waals surface area contributed by atoms with E-state index in [1.165, 1.54) is 22.0 Å². The van der Waals surface area contributed by atoms with Crippen molar-refractivity contribution >= 4 is 11.3 Å². The Morgan fingerprint density at radius 3 is 3.06 bits per heavy atom. The van der Waals surface area contributed by atoms with E-state index in [2.05, 4.69) is 19.2 Å². The molecule has 0 saturated heterocycles. The first-order valence-corrected chi connectivity index (χ1v) is 7.20. The van der Waals surface area contributed by atoms with Gasteiger partial charge in [-0.15, -0.1) is 11.3 Å². The summed E-state index contributed by atoms with van der Waals surface area (Å²) in [5.41, 5.74) is 1.35. The molecule has 0 spiro atoms. The van der Waals surface area contributed by atoms with Gasteiger partial charge in [0.05, 0.1) is 12.3 Å². The summed E-state index contributed by atoms with van der Waals surface area (Å²) in [5.74, 6) is 1.48. The minimum absolute atomic E-state index is 0.693. The molecule has 1 aliphatic carbocycles. The van der Waals surface area contributed by atoms with Crippen molar-refractivity contribution in [2.45, 2.75) is 39.2 Å². The summed E-state index contributed by atoms with van der Waals surface area (Å²) in [6, 6.07) is 0. The molecule has 0 radical (unpaired) electrons. The van der Waals surface area contributed by atoms with Crippen LogP contribution in [0.4, 0.5) is 0 Å². The lowest BCUT2D eigenvalue weighted by Gasteiger charge is -2.22. The van der Waals surface area contributed by atoms with Gasteiger partial charge in [0, 0.05) is 25.1 Å². The van der Waals surface area contributed by atoms with E-state index in [9.17, 15) is 0 Å². The van der Waals surface area contributed by atoms with Crippen molar-refractivity contribution in [1.82, 2.24) is 10.3 Å². The molecule has 1 aromatic rings. The Labute approximate surface area is 108 Å². The maximum atomic E-state index is 5.01. The molecule has 1 heterocycles. The van der Waals surface area contributed by atoms with Crippen LogP contribution in [-0.2, 0) is 17.7 Å². The maximum Gasteiger partial charge on any atom is 0.107 e. The number of methoxy groups -OCH3 is 1. The van der Waals surface area contributed by atoms with E-state index in [1.807, 2.05) is 11.3 Å². The maximum absolute atomic E-state index is 5.01. The minimum Gasteiger partial charge on any atom is -0.383 e. The summed E-state index contributed by atoms with van der Waals surface area (Å²) in [6.07, 6.45) is 2.47. The number of thiazole rings is 1. The molecule has 2 unspecified atom stereocenters. The Bertz CT molecular complexity index is 364. The van der Waals surface area contributed by atoms with Crippen LogP contribution in [0.1, 0.15) is 41.8 Å². The van der Waals surface area contributed by atoms with Gasteiger partial charge in [0.1, 0.15) is 5.01 Å². The van der Waals surface area contributed by atoms with Gasteiger partial charge in [0.25, 0.3) is 0 Å². The van der Waals surface area contributed by atoms with Gasteiger partial charge in [0.15, 0.2) is 0 Å². The number of ether oxygens (including phenoxy) is 1. The highest BCUT2D eigenvalue weighted by atomic mass is 32.1. The molecule has 96 valence electrons. The van der Waals surface area contributed by atoms with Gasteiger partial charge in [-0.1, -0.05) is 13.8 Å². The van der Waals surface area contributed by atoms with Crippen molar-refractivity contribution in [3.63, 3.8) is 0 Å². The van der Waals surface area contributed by atoms with Crippen LogP contribution in [0.5, 0.6) is 0 Å². The average Bonchev–Trinajstić information content (AvgIpc) is 2.67. The summed E-state index contributed by atoms with van der Waals surface area (Å²) in [6.45, 7) is 7.19. The zero-order valence-corrected chi connectivity index (χ0v) is 11.8. The number of nitrogens with one attached hydrogen (secondary N) is 1. The lowest BCUT2D eigenvalue weighted by atomic mass is 9.86. The molecule has 0 fully saturated rings. The highest BCUT2D eigenvalue weighted by Crippen LogP contribution is 2.37. The third-order valence-corrected chi connectivity index (χ3v) is 4.61. The Morgan fingerprint density at radius 1 is 1.47 bits per heavy atom. The zero-order valence-electron chi connectivity index (χ0n) is 11.0. The predicted molar refractivity (Wildman–Crippen MR) is 71.6 cm³/mol. The van der Waals surface area contributed by atoms with Crippen molar-refractivity contribution in [3.8, 4) is 0 Å². The quantitative estimate of drug-likeness (QED) is 0.820. The highest BCUT2D eigenvalue weighted by molar-refractivity contribution is 7.11. The molecule has 3 nitrogen and oxygen atoms in total. The molecular formula is C13H22N2OS. The summed E-state index contributed by atoms with van der Waals surface area (Å²) < 4.78 is 5.01. The lowest BCUT2D eigenvalue weighted by Crippen LogP contribution is -2.18. The monoisotopic (exact) mass is 254 g/mol. The van der Waals surface area contributed by atoms with Crippen LogP contribution in [0.15, 0.2) is 0 Å². The van der Waals surface area contributed by atoms with Crippen LogP contribution in [0.3, 0.4) is 0 Å². The molecule has 0 saturated carbocycles. The van der Waals surface area contributed by atoms with Crippen LogP contribution >= 0.6 is 11.3 Å². The first kappa shape index (κ1) is 13.0. The van der Waals surface area contributed by atoms with Gasteiger partial charge in [-0.25, -0.2) is 4.98 Å². The Kier molecular flexibility index (Phi) is 4.54. The van der Waals surface area contributed by atoms with Gasteiger partial charge in [-0.2, -0.15) is 0 Å². The second-order valence-electron chi connectivity index (χ2n) is 5.03. The van der Waals surface area contributed by atoms with Crippen molar-refractivity contribution in [2.24, 2.45) is 5.92 Å². The first-order valence-electron chi connectivity index (χ1n) is 6.38. The molecule has 0 amide bonds. The Balaban J connectivity index is 1.95. The average molecular weight is 254 g/mol. The van der Waals surface area contributed by atoms with Gasteiger partial charge in [-0.05, 0) is 24.7 Å². The van der Waals surface area contributed by atoms with Crippen LogP contribution in [0.2, 0.25) is 0 Å². The van der Waals surface area contributed by atoms with Gasteiger partial charge in [-0.3, -0.25) is 0 Å². The van der Waals surface area contributed by atoms with Crippen molar-refractivity contribution in [2.75, 3.05) is 20.3 Å². The summed E-state index contributed by atoms with van der Waals surface area (Å²) in [7, 11) is 1.73. The fourth-order valence-corrected chi connectivity index (χ4v) is 3.64. The molecule has 0 bridgehead atoms. The minimum atomic E-state index is 0.693. The van der Waals surface area contributed by atoms with Gasteiger partial charge >= 0.3 is 0 Å². The lowest BCUT2D eigenvalue weighted by molar-refractivity contribution is 0.199. The fourth-order valence-electron chi connectivity index (χ4n) is 2.51. The second kappa shape index (κ2) is 5.94.